The predicted molar refractivity (Wildman–Crippen MR) is 57.5 cm³/mol. The summed E-state index contributed by atoms with van der Waals surface area (Å²) in [6.07, 6.45) is -2.48. The molecule has 15 heavy (non-hydrogen) atoms. The Kier molecular flexibility index (Phi) is 4.28. The molecule has 0 bridgehead atoms. The van der Waals surface area contributed by atoms with Gasteiger partial charge >= 0.3 is 5.97 Å². The van der Waals surface area contributed by atoms with Crippen LogP contribution < -0.4 is 0 Å². The van der Waals surface area contributed by atoms with Crippen molar-refractivity contribution in [2.75, 3.05) is 0 Å². The molecule has 1 aromatic carbocycles. The summed E-state index contributed by atoms with van der Waals surface area (Å²) in [5.41, 5.74) is 0. The Balaban J connectivity index is 2.75. The summed E-state index contributed by atoms with van der Waals surface area (Å²) < 4.78 is 13.4. The summed E-state index contributed by atoms with van der Waals surface area (Å²) >= 11 is 3.73. The van der Waals surface area contributed by atoms with E-state index in [2.05, 4.69) is 15.9 Å². The van der Waals surface area contributed by atoms with Crippen LogP contribution in [0.25, 0.3) is 0 Å². The van der Waals surface area contributed by atoms with Gasteiger partial charge in [0.15, 0.2) is 0 Å². The molecule has 1 N–H and O–H groups in total. The summed E-state index contributed by atoms with van der Waals surface area (Å²) in [5.74, 6) is -1.76. The molecule has 1 unspecified atom stereocenters. The van der Waals surface area contributed by atoms with Crippen molar-refractivity contribution in [2.45, 2.75) is 11.1 Å². The molecule has 0 saturated heterocycles. The van der Waals surface area contributed by atoms with E-state index < -0.39 is 17.3 Å². The number of benzene rings is 1. The van der Waals surface area contributed by atoms with Gasteiger partial charge in [0.2, 0.25) is 5.12 Å². The van der Waals surface area contributed by atoms with Crippen LogP contribution in [-0.2, 0) is 9.59 Å². The van der Waals surface area contributed by atoms with Crippen molar-refractivity contribution >= 4 is 38.8 Å². The van der Waals surface area contributed by atoms with Crippen molar-refractivity contribution < 1.29 is 19.1 Å². The molecule has 0 aromatic heterocycles. The first-order valence-corrected chi connectivity index (χ1v) is 5.46. The van der Waals surface area contributed by atoms with E-state index in [9.17, 15) is 14.0 Å². The normalized spacial score (nSPS) is 12.1. The molecule has 0 aliphatic carbocycles. The highest BCUT2D eigenvalue weighted by atomic mass is 79.9. The van der Waals surface area contributed by atoms with E-state index in [1.54, 1.807) is 24.3 Å². The van der Waals surface area contributed by atoms with Crippen LogP contribution in [0.15, 0.2) is 33.6 Å². The van der Waals surface area contributed by atoms with E-state index in [1.165, 1.54) is 0 Å². The number of carbonyl (C=O) groups excluding carboxylic acids is 1. The number of hydrogen-bond donors (Lipinski definition) is 1. The second-order valence-corrected chi connectivity index (χ2v) is 4.45. The van der Waals surface area contributed by atoms with Crippen LogP contribution in [0, 0.1) is 0 Å². The van der Waals surface area contributed by atoms with Crippen LogP contribution in [0.2, 0.25) is 0 Å². The van der Waals surface area contributed by atoms with Gasteiger partial charge in [0.05, 0.1) is 0 Å². The van der Waals surface area contributed by atoms with Gasteiger partial charge in [0, 0.05) is 9.37 Å². The van der Waals surface area contributed by atoms with Gasteiger partial charge in [-0.15, -0.1) is 0 Å². The fraction of sp³-hybridized carbons (Fsp3) is 0.111. The Hall–Kier alpha value is -0.880. The Morgan fingerprint density at radius 3 is 2.53 bits per heavy atom. The van der Waals surface area contributed by atoms with E-state index >= 15 is 0 Å². The minimum absolute atomic E-state index is 0.492. The molecule has 1 aromatic rings. The highest BCUT2D eigenvalue weighted by Gasteiger charge is 2.26. The average molecular weight is 293 g/mol. The maximum absolute atomic E-state index is 12.8. The van der Waals surface area contributed by atoms with Crippen molar-refractivity contribution in [3.63, 3.8) is 0 Å². The van der Waals surface area contributed by atoms with Gasteiger partial charge in [0.1, 0.15) is 0 Å². The molecule has 0 heterocycles. The summed E-state index contributed by atoms with van der Waals surface area (Å²) in [7, 11) is 0. The third-order valence-corrected chi connectivity index (χ3v) is 3.41. The van der Waals surface area contributed by atoms with Crippen molar-refractivity contribution in [3.8, 4) is 0 Å². The van der Waals surface area contributed by atoms with Crippen LogP contribution in [0.1, 0.15) is 0 Å². The number of alkyl halides is 1. The lowest BCUT2D eigenvalue weighted by atomic mass is 10.4. The van der Waals surface area contributed by atoms with Gasteiger partial charge < -0.3 is 5.11 Å². The SMILES string of the molecule is O=C(O)C(F)C(=O)Sc1ccccc1Br. The topological polar surface area (TPSA) is 54.4 Å². The Morgan fingerprint density at radius 2 is 2.00 bits per heavy atom. The van der Waals surface area contributed by atoms with Gasteiger partial charge in [0.25, 0.3) is 6.17 Å². The Labute approximate surface area is 97.8 Å². The summed E-state index contributed by atoms with van der Waals surface area (Å²) in [4.78, 5) is 21.8. The van der Waals surface area contributed by atoms with Gasteiger partial charge in [-0.2, -0.15) is 0 Å². The summed E-state index contributed by atoms with van der Waals surface area (Å²) in [6.45, 7) is 0. The lowest BCUT2D eigenvalue weighted by Crippen LogP contribution is -2.22. The van der Waals surface area contributed by atoms with Crippen molar-refractivity contribution in [1.29, 1.82) is 0 Å². The minimum Gasteiger partial charge on any atom is -0.479 e. The predicted octanol–water partition coefficient (Wildman–Crippen LogP) is 2.49. The number of hydrogen-bond acceptors (Lipinski definition) is 3. The second-order valence-electron chi connectivity index (χ2n) is 2.55. The highest BCUT2D eigenvalue weighted by Crippen LogP contribution is 2.28. The molecule has 0 amide bonds. The molecular weight excluding hydrogens is 287 g/mol. The molecule has 1 rings (SSSR count). The third kappa shape index (κ3) is 3.32. The van der Waals surface area contributed by atoms with Crippen LogP contribution in [0.4, 0.5) is 4.39 Å². The Morgan fingerprint density at radius 1 is 1.40 bits per heavy atom. The average Bonchev–Trinajstić information content (AvgIpc) is 2.20. The molecule has 3 nitrogen and oxygen atoms in total. The quantitative estimate of drug-likeness (QED) is 0.687. The third-order valence-electron chi connectivity index (χ3n) is 1.47. The molecule has 80 valence electrons. The zero-order chi connectivity index (χ0) is 11.4. The van der Waals surface area contributed by atoms with E-state index in [0.29, 0.717) is 21.1 Å². The number of carboxylic acid groups (broad SMARTS) is 1. The number of rotatable bonds is 3. The lowest BCUT2D eigenvalue weighted by molar-refractivity contribution is -0.145. The number of thioether (sulfide) groups is 1. The van der Waals surface area contributed by atoms with Crippen molar-refractivity contribution in [2.24, 2.45) is 0 Å². The highest BCUT2D eigenvalue weighted by molar-refractivity contribution is 9.10. The van der Waals surface area contributed by atoms with Gasteiger partial charge in [-0.3, -0.25) is 4.79 Å². The largest absolute Gasteiger partial charge is 0.479 e. The molecule has 1 atom stereocenters. The number of carboxylic acids is 1. The first kappa shape index (κ1) is 12.2. The maximum Gasteiger partial charge on any atom is 0.347 e. The van der Waals surface area contributed by atoms with E-state index in [4.69, 9.17) is 5.11 Å². The van der Waals surface area contributed by atoms with Crippen LogP contribution in [-0.4, -0.2) is 22.4 Å². The van der Waals surface area contributed by atoms with Gasteiger partial charge in [-0.25, -0.2) is 9.18 Å². The van der Waals surface area contributed by atoms with Crippen molar-refractivity contribution in [1.82, 2.24) is 0 Å². The molecular formula is C9H6BrFO3S. The molecule has 0 saturated carbocycles. The molecule has 0 aliphatic rings. The number of carbonyl (C=O) groups is 2. The summed E-state index contributed by atoms with van der Waals surface area (Å²) in [6, 6.07) is 6.70. The Bertz CT molecular complexity index is 397. The minimum atomic E-state index is -2.48. The standard InChI is InChI=1S/C9H6BrFO3S/c10-5-3-1-2-4-6(5)15-9(14)7(11)8(12)13/h1-4,7H,(H,12,13). The molecule has 0 radical (unpaired) electrons. The molecule has 0 fully saturated rings. The molecule has 6 heteroatoms. The van der Waals surface area contributed by atoms with Gasteiger partial charge in [-0.1, -0.05) is 12.1 Å². The van der Waals surface area contributed by atoms with Crippen LogP contribution >= 0.6 is 27.7 Å². The van der Waals surface area contributed by atoms with Gasteiger partial charge in [-0.05, 0) is 39.8 Å². The lowest BCUT2D eigenvalue weighted by Gasteiger charge is -2.03. The number of halogens is 2. The molecule has 0 aliphatic heterocycles. The fourth-order valence-corrected chi connectivity index (χ4v) is 2.05. The van der Waals surface area contributed by atoms with E-state index in [0.717, 1.165) is 0 Å². The van der Waals surface area contributed by atoms with E-state index in [1.807, 2.05) is 0 Å². The monoisotopic (exact) mass is 292 g/mol. The summed E-state index contributed by atoms with van der Waals surface area (Å²) in [5, 5.41) is 7.25. The second kappa shape index (κ2) is 5.27. The zero-order valence-corrected chi connectivity index (χ0v) is 9.72. The van der Waals surface area contributed by atoms with E-state index in [-0.39, 0.29) is 0 Å². The van der Waals surface area contributed by atoms with Crippen molar-refractivity contribution in [3.05, 3.63) is 28.7 Å². The smallest absolute Gasteiger partial charge is 0.347 e. The first-order valence-electron chi connectivity index (χ1n) is 3.85. The maximum atomic E-state index is 12.8. The zero-order valence-electron chi connectivity index (χ0n) is 7.31. The fourth-order valence-electron chi connectivity index (χ4n) is 0.788. The van der Waals surface area contributed by atoms with Crippen LogP contribution in [0.5, 0.6) is 0 Å². The number of aliphatic carboxylic acids is 1. The first-order chi connectivity index (χ1) is 7.02. The molecule has 0 spiro atoms. The van der Waals surface area contributed by atoms with Crippen LogP contribution in [0.3, 0.4) is 0 Å².